The molecule has 1 fully saturated rings. The van der Waals surface area contributed by atoms with E-state index in [4.69, 9.17) is 0 Å². The highest BCUT2D eigenvalue weighted by Gasteiger charge is 2.31. The fraction of sp³-hybridized carbons (Fsp3) is 0.222. The van der Waals surface area contributed by atoms with Crippen LogP contribution in [0.3, 0.4) is 0 Å². The van der Waals surface area contributed by atoms with Crippen LogP contribution in [0.1, 0.15) is 24.1 Å². The highest BCUT2D eigenvalue weighted by Crippen LogP contribution is 2.29. The summed E-state index contributed by atoms with van der Waals surface area (Å²) in [6.45, 7) is 0.648. The highest BCUT2D eigenvalue weighted by molar-refractivity contribution is 9.10. The Bertz CT molecular complexity index is 680. The third-order valence-corrected chi connectivity index (χ3v) is 4.09. The van der Waals surface area contributed by atoms with Crippen LogP contribution in [0.15, 0.2) is 59.2 Å². The van der Waals surface area contributed by atoms with Gasteiger partial charge in [-0.05, 0) is 48.7 Å². The predicted molar refractivity (Wildman–Crippen MR) is 91.0 cm³/mol. The summed E-state index contributed by atoms with van der Waals surface area (Å²) in [5, 5.41) is 0. The van der Waals surface area contributed by atoms with Gasteiger partial charge in [-0.2, -0.15) is 0 Å². The van der Waals surface area contributed by atoms with Crippen LogP contribution in [0.5, 0.6) is 0 Å². The number of aromatic nitrogens is 1. The van der Waals surface area contributed by atoms with Gasteiger partial charge in [0.25, 0.3) is 0 Å². The third-order valence-electron chi connectivity index (χ3n) is 3.60. The average Bonchev–Trinajstić information content (AvgIpc) is 3.36. The molecule has 0 saturated heterocycles. The van der Waals surface area contributed by atoms with E-state index in [0.717, 1.165) is 28.6 Å². The highest BCUT2D eigenvalue weighted by atomic mass is 79.9. The van der Waals surface area contributed by atoms with Gasteiger partial charge in [0.05, 0.1) is 5.69 Å². The zero-order valence-electron chi connectivity index (χ0n) is 12.2. The fourth-order valence-electron chi connectivity index (χ4n) is 2.33. The molecule has 4 heteroatoms. The number of halogens is 1. The first kappa shape index (κ1) is 15.0. The molecule has 0 aliphatic heterocycles. The lowest BCUT2D eigenvalue weighted by atomic mass is 10.2. The van der Waals surface area contributed by atoms with Crippen LogP contribution in [0.2, 0.25) is 0 Å². The molecule has 0 bridgehead atoms. The fourth-order valence-corrected chi connectivity index (χ4v) is 2.78. The average molecular weight is 357 g/mol. The molecule has 3 rings (SSSR count). The molecule has 1 aromatic carbocycles. The van der Waals surface area contributed by atoms with Gasteiger partial charge >= 0.3 is 0 Å². The number of benzene rings is 1. The molecule has 0 N–H and O–H groups in total. The van der Waals surface area contributed by atoms with E-state index in [-0.39, 0.29) is 5.91 Å². The van der Waals surface area contributed by atoms with Gasteiger partial charge < -0.3 is 4.90 Å². The van der Waals surface area contributed by atoms with Gasteiger partial charge in [-0.1, -0.05) is 34.1 Å². The summed E-state index contributed by atoms with van der Waals surface area (Å²) in [5.74, 6) is 0.0492. The number of amides is 1. The van der Waals surface area contributed by atoms with Gasteiger partial charge in [0.1, 0.15) is 0 Å². The second-order valence-electron chi connectivity index (χ2n) is 5.42. The Morgan fingerprint density at radius 3 is 2.82 bits per heavy atom. The minimum Gasteiger partial charge on any atom is -0.332 e. The lowest BCUT2D eigenvalue weighted by Crippen LogP contribution is -2.31. The Kier molecular flexibility index (Phi) is 4.68. The molecule has 1 aromatic heterocycles. The first-order chi connectivity index (χ1) is 10.7. The van der Waals surface area contributed by atoms with Crippen molar-refractivity contribution in [3.8, 4) is 0 Å². The summed E-state index contributed by atoms with van der Waals surface area (Å²) >= 11 is 3.48. The minimum atomic E-state index is 0.0492. The van der Waals surface area contributed by atoms with Gasteiger partial charge in [0, 0.05) is 29.3 Å². The molecular formula is C18H17BrN2O. The smallest absolute Gasteiger partial charge is 0.247 e. The van der Waals surface area contributed by atoms with Gasteiger partial charge in [-0.15, -0.1) is 0 Å². The Morgan fingerprint density at radius 2 is 2.14 bits per heavy atom. The second kappa shape index (κ2) is 6.88. The van der Waals surface area contributed by atoms with Crippen LogP contribution in [0.4, 0.5) is 0 Å². The SMILES string of the molecule is O=C(C=Cc1ccccn1)N(Cc1cccc(Br)c1)C1CC1. The van der Waals surface area contributed by atoms with Crippen molar-refractivity contribution in [2.24, 2.45) is 0 Å². The molecule has 3 nitrogen and oxygen atoms in total. The Labute approximate surface area is 138 Å². The maximum absolute atomic E-state index is 12.5. The van der Waals surface area contributed by atoms with E-state index in [1.165, 1.54) is 0 Å². The van der Waals surface area contributed by atoms with Crippen LogP contribution in [0, 0.1) is 0 Å². The molecule has 2 aromatic rings. The van der Waals surface area contributed by atoms with Crippen LogP contribution >= 0.6 is 15.9 Å². The van der Waals surface area contributed by atoms with Gasteiger partial charge in [-0.25, -0.2) is 0 Å². The summed E-state index contributed by atoms with van der Waals surface area (Å²) in [6, 6.07) is 14.1. The summed E-state index contributed by atoms with van der Waals surface area (Å²) in [7, 11) is 0. The van der Waals surface area contributed by atoms with E-state index in [2.05, 4.69) is 33.0 Å². The van der Waals surface area contributed by atoms with Crippen LogP contribution in [-0.4, -0.2) is 21.8 Å². The first-order valence-electron chi connectivity index (χ1n) is 7.36. The molecular weight excluding hydrogens is 340 g/mol. The van der Waals surface area contributed by atoms with Crippen LogP contribution in [-0.2, 0) is 11.3 Å². The van der Waals surface area contributed by atoms with E-state index in [0.29, 0.717) is 12.6 Å². The third kappa shape index (κ3) is 4.04. The quantitative estimate of drug-likeness (QED) is 0.757. The van der Waals surface area contributed by atoms with E-state index < -0.39 is 0 Å². The van der Waals surface area contributed by atoms with E-state index in [9.17, 15) is 4.79 Å². The summed E-state index contributed by atoms with van der Waals surface area (Å²) in [5.41, 5.74) is 1.94. The molecule has 1 heterocycles. The second-order valence-corrected chi connectivity index (χ2v) is 6.33. The van der Waals surface area contributed by atoms with Crippen molar-refractivity contribution in [1.82, 2.24) is 9.88 Å². The topological polar surface area (TPSA) is 33.2 Å². The number of rotatable bonds is 5. The largest absolute Gasteiger partial charge is 0.332 e. The van der Waals surface area contributed by atoms with Crippen molar-refractivity contribution in [2.75, 3.05) is 0 Å². The molecule has 0 radical (unpaired) electrons. The lowest BCUT2D eigenvalue weighted by molar-refractivity contribution is -0.127. The van der Waals surface area contributed by atoms with Crippen molar-refractivity contribution in [2.45, 2.75) is 25.4 Å². The number of nitrogens with zero attached hydrogens (tertiary/aromatic N) is 2. The summed E-state index contributed by atoms with van der Waals surface area (Å²) in [4.78, 5) is 18.6. The van der Waals surface area contributed by atoms with Gasteiger partial charge in [0.2, 0.25) is 5.91 Å². The molecule has 0 unspecified atom stereocenters. The molecule has 1 amide bonds. The molecule has 112 valence electrons. The molecule has 1 aliphatic rings. The number of pyridine rings is 1. The summed E-state index contributed by atoms with van der Waals surface area (Å²) in [6.07, 6.45) is 7.32. The first-order valence-corrected chi connectivity index (χ1v) is 8.16. The maximum atomic E-state index is 12.5. The zero-order chi connectivity index (χ0) is 15.4. The van der Waals surface area contributed by atoms with E-state index in [1.54, 1.807) is 18.3 Å². The monoisotopic (exact) mass is 356 g/mol. The molecule has 1 saturated carbocycles. The van der Waals surface area contributed by atoms with Gasteiger partial charge in [0.15, 0.2) is 0 Å². The minimum absolute atomic E-state index is 0.0492. The normalized spacial score (nSPS) is 14.2. The van der Waals surface area contributed by atoms with Crippen molar-refractivity contribution in [3.63, 3.8) is 0 Å². The predicted octanol–water partition coefficient (Wildman–Crippen LogP) is 4.05. The maximum Gasteiger partial charge on any atom is 0.247 e. The van der Waals surface area contributed by atoms with Gasteiger partial charge in [-0.3, -0.25) is 9.78 Å². The zero-order valence-corrected chi connectivity index (χ0v) is 13.7. The molecule has 1 aliphatic carbocycles. The number of carbonyl (C=O) groups excluding carboxylic acids is 1. The van der Waals surface area contributed by atoms with Crippen LogP contribution in [0.25, 0.3) is 6.08 Å². The molecule has 0 spiro atoms. The Hall–Kier alpha value is -1.94. The number of hydrogen-bond donors (Lipinski definition) is 0. The van der Waals surface area contributed by atoms with Crippen LogP contribution < -0.4 is 0 Å². The standard InChI is InChI=1S/C18H17BrN2O/c19-15-5-3-4-14(12-15)13-21(17-8-9-17)18(22)10-7-16-6-1-2-11-20-16/h1-7,10-12,17H,8-9,13H2. The van der Waals surface area contributed by atoms with E-state index in [1.807, 2.05) is 35.2 Å². The number of carbonyl (C=O) groups is 1. The number of hydrogen-bond acceptors (Lipinski definition) is 2. The molecule has 0 atom stereocenters. The molecule has 22 heavy (non-hydrogen) atoms. The van der Waals surface area contributed by atoms with Crippen molar-refractivity contribution in [1.29, 1.82) is 0 Å². The Morgan fingerprint density at radius 1 is 1.27 bits per heavy atom. The Balaban J connectivity index is 1.71. The van der Waals surface area contributed by atoms with E-state index >= 15 is 0 Å². The lowest BCUT2D eigenvalue weighted by Gasteiger charge is -2.21. The van der Waals surface area contributed by atoms with Crippen molar-refractivity contribution < 1.29 is 4.79 Å². The van der Waals surface area contributed by atoms with Crippen molar-refractivity contribution in [3.05, 3.63) is 70.5 Å². The van der Waals surface area contributed by atoms with Crippen molar-refractivity contribution >= 4 is 27.9 Å². The summed E-state index contributed by atoms with van der Waals surface area (Å²) < 4.78 is 1.04.